The van der Waals surface area contributed by atoms with E-state index in [9.17, 15) is 8.42 Å². The summed E-state index contributed by atoms with van der Waals surface area (Å²) in [5.74, 6) is 0.654. The second-order valence-corrected chi connectivity index (χ2v) is 6.14. The quantitative estimate of drug-likeness (QED) is 0.863. The zero-order valence-corrected chi connectivity index (χ0v) is 11.5. The molecular weight excluding hydrogens is 286 g/mol. The van der Waals surface area contributed by atoms with Crippen molar-refractivity contribution in [3.8, 4) is 5.75 Å². The first-order chi connectivity index (χ1) is 9.03. The molecule has 0 saturated heterocycles. The van der Waals surface area contributed by atoms with Gasteiger partial charge in [0.2, 0.25) is 0 Å². The average Bonchev–Trinajstić information content (AvgIpc) is 2.37. The van der Waals surface area contributed by atoms with Gasteiger partial charge in [0, 0.05) is 16.4 Å². The van der Waals surface area contributed by atoms with E-state index in [0.717, 1.165) is 5.56 Å². The van der Waals surface area contributed by atoms with Crippen molar-refractivity contribution in [1.82, 2.24) is 0 Å². The van der Waals surface area contributed by atoms with Crippen LogP contribution >= 0.6 is 10.7 Å². The van der Waals surface area contributed by atoms with Gasteiger partial charge in [-0.2, -0.15) is 8.42 Å². The molecule has 0 aromatic heterocycles. The van der Waals surface area contributed by atoms with Crippen LogP contribution in [0.2, 0.25) is 0 Å². The molecule has 0 atom stereocenters. The van der Waals surface area contributed by atoms with E-state index in [2.05, 4.69) is 4.72 Å². The second kappa shape index (κ2) is 5.95. The molecule has 19 heavy (non-hydrogen) atoms. The minimum Gasteiger partial charge on any atom is -0.489 e. The lowest BCUT2D eigenvalue weighted by atomic mass is 10.2. The molecule has 0 saturated carbocycles. The minimum atomic E-state index is -3.76. The van der Waals surface area contributed by atoms with E-state index in [1.807, 2.05) is 30.3 Å². The Bertz CT molecular complexity index is 627. The first-order valence-corrected chi connectivity index (χ1v) is 7.83. The molecule has 0 heterocycles. The van der Waals surface area contributed by atoms with Crippen LogP contribution in [0.15, 0.2) is 54.6 Å². The number of anilines is 1. The van der Waals surface area contributed by atoms with Gasteiger partial charge >= 0.3 is 9.24 Å². The maximum absolute atomic E-state index is 10.8. The predicted octanol–water partition coefficient (Wildman–Crippen LogP) is 3.16. The lowest BCUT2D eigenvalue weighted by Gasteiger charge is -2.07. The van der Waals surface area contributed by atoms with Crippen LogP contribution in [-0.4, -0.2) is 8.42 Å². The van der Waals surface area contributed by atoms with Crippen molar-refractivity contribution in [2.75, 3.05) is 4.72 Å². The Balaban J connectivity index is 1.96. The zero-order valence-electron chi connectivity index (χ0n) is 9.91. The van der Waals surface area contributed by atoms with E-state index in [1.54, 1.807) is 24.3 Å². The lowest BCUT2D eigenvalue weighted by Crippen LogP contribution is -2.03. The summed E-state index contributed by atoms with van der Waals surface area (Å²) in [7, 11) is 1.31. The van der Waals surface area contributed by atoms with E-state index >= 15 is 0 Å². The standard InChI is InChI=1S/C13H12ClNO3S/c14-19(16,17)15-12-6-8-13(9-7-12)18-10-11-4-2-1-3-5-11/h1-9,15H,10H2. The maximum atomic E-state index is 10.8. The molecule has 0 aliphatic heterocycles. The fraction of sp³-hybridized carbons (Fsp3) is 0.0769. The molecule has 2 aromatic carbocycles. The molecule has 0 bridgehead atoms. The topological polar surface area (TPSA) is 55.4 Å². The van der Waals surface area contributed by atoms with Gasteiger partial charge in [0.05, 0.1) is 0 Å². The van der Waals surface area contributed by atoms with Crippen LogP contribution in [0.3, 0.4) is 0 Å². The van der Waals surface area contributed by atoms with Crippen molar-refractivity contribution < 1.29 is 13.2 Å². The summed E-state index contributed by atoms with van der Waals surface area (Å²) in [5, 5.41) is 0. The molecule has 4 nitrogen and oxygen atoms in total. The van der Waals surface area contributed by atoms with Gasteiger partial charge in [0.1, 0.15) is 12.4 Å². The van der Waals surface area contributed by atoms with Gasteiger partial charge in [-0.15, -0.1) is 0 Å². The summed E-state index contributed by atoms with van der Waals surface area (Å²) in [6, 6.07) is 16.3. The van der Waals surface area contributed by atoms with E-state index in [0.29, 0.717) is 18.0 Å². The molecular formula is C13H12ClNO3S. The number of rotatable bonds is 5. The highest BCUT2D eigenvalue weighted by Gasteiger charge is 2.04. The van der Waals surface area contributed by atoms with Gasteiger partial charge in [0.25, 0.3) is 0 Å². The Morgan fingerprint density at radius 3 is 2.21 bits per heavy atom. The monoisotopic (exact) mass is 297 g/mol. The number of hydrogen-bond donors (Lipinski definition) is 1. The second-order valence-electron chi connectivity index (χ2n) is 3.84. The Labute approximate surface area is 116 Å². The fourth-order valence-corrected chi connectivity index (χ4v) is 2.19. The number of hydrogen-bond acceptors (Lipinski definition) is 3. The van der Waals surface area contributed by atoms with Gasteiger partial charge in [-0.05, 0) is 29.8 Å². The summed E-state index contributed by atoms with van der Waals surface area (Å²) < 4.78 is 29.4. The summed E-state index contributed by atoms with van der Waals surface area (Å²) in [5.41, 5.74) is 1.45. The molecule has 0 aliphatic rings. The summed E-state index contributed by atoms with van der Waals surface area (Å²) >= 11 is 0. The normalized spacial score (nSPS) is 11.0. The van der Waals surface area contributed by atoms with Crippen molar-refractivity contribution >= 4 is 25.6 Å². The van der Waals surface area contributed by atoms with E-state index in [4.69, 9.17) is 15.4 Å². The molecule has 0 radical (unpaired) electrons. The molecule has 0 aliphatic carbocycles. The summed E-state index contributed by atoms with van der Waals surface area (Å²) in [6.45, 7) is 0.460. The number of halogens is 1. The first kappa shape index (κ1) is 13.7. The van der Waals surface area contributed by atoms with Crippen LogP contribution in [0, 0.1) is 0 Å². The molecule has 0 spiro atoms. The average molecular weight is 298 g/mol. The van der Waals surface area contributed by atoms with Crippen molar-refractivity contribution in [2.45, 2.75) is 6.61 Å². The van der Waals surface area contributed by atoms with E-state index in [1.165, 1.54) is 0 Å². The largest absolute Gasteiger partial charge is 0.489 e. The van der Waals surface area contributed by atoms with Crippen molar-refractivity contribution in [3.63, 3.8) is 0 Å². The van der Waals surface area contributed by atoms with Crippen LogP contribution in [-0.2, 0) is 15.8 Å². The third-order valence-electron chi connectivity index (χ3n) is 2.34. The van der Waals surface area contributed by atoms with Crippen LogP contribution in [0.1, 0.15) is 5.56 Å². The highest BCUT2D eigenvalue weighted by molar-refractivity contribution is 8.14. The molecule has 0 unspecified atom stereocenters. The van der Waals surface area contributed by atoms with Gasteiger partial charge in [0.15, 0.2) is 0 Å². The lowest BCUT2D eigenvalue weighted by molar-refractivity contribution is 0.306. The highest BCUT2D eigenvalue weighted by Crippen LogP contribution is 2.18. The van der Waals surface area contributed by atoms with Crippen LogP contribution < -0.4 is 9.46 Å². The van der Waals surface area contributed by atoms with E-state index in [-0.39, 0.29) is 0 Å². The maximum Gasteiger partial charge on any atom is 0.319 e. The van der Waals surface area contributed by atoms with Gasteiger partial charge in [-0.3, -0.25) is 4.72 Å². The van der Waals surface area contributed by atoms with Crippen LogP contribution in [0.25, 0.3) is 0 Å². The van der Waals surface area contributed by atoms with Crippen LogP contribution in [0.4, 0.5) is 5.69 Å². The van der Waals surface area contributed by atoms with Gasteiger partial charge in [-0.25, -0.2) is 0 Å². The molecule has 0 amide bonds. The van der Waals surface area contributed by atoms with Crippen LogP contribution in [0.5, 0.6) is 5.75 Å². The summed E-state index contributed by atoms with van der Waals surface area (Å²) in [4.78, 5) is 0. The third kappa shape index (κ3) is 4.81. The molecule has 2 rings (SSSR count). The smallest absolute Gasteiger partial charge is 0.319 e. The molecule has 6 heteroatoms. The molecule has 100 valence electrons. The van der Waals surface area contributed by atoms with Gasteiger partial charge < -0.3 is 4.74 Å². The Morgan fingerprint density at radius 2 is 1.63 bits per heavy atom. The molecule has 0 fully saturated rings. The fourth-order valence-electron chi connectivity index (χ4n) is 1.50. The number of ether oxygens (including phenoxy) is 1. The van der Waals surface area contributed by atoms with Crippen molar-refractivity contribution in [3.05, 3.63) is 60.2 Å². The van der Waals surface area contributed by atoms with Crippen molar-refractivity contribution in [2.24, 2.45) is 0 Å². The number of benzene rings is 2. The minimum absolute atomic E-state index is 0.391. The third-order valence-corrected chi connectivity index (χ3v) is 3.05. The SMILES string of the molecule is O=S(=O)(Cl)Nc1ccc(OCc2ccccc2)cc1. The summed E-state index contributed by atoms with van der Waals surface area (Å²) in [6.07, 6.45) is 0. The van der Waals surface area contributed by atoms with Crippen molar-refractivity contribution in [1.29, 1.82) is 0 Å². The van der Waals surface area contributed by atoms with E-state index < -0.39 is 9.24 Å². The first-order valence-electron chi connectivity index (χ1n) is 5.52. The Morgan fingerprint density at radius 1 is 1.00 bits per heavy atom. The number of nitrogens with one attached hydrogen (secondary N) is 1. The molecule has 1 N–H and O–H groups in total. The molecule has 2 aromatic rings. The highest BCUT2D eigenvalue weighted by atomic mass is 35.7. The zero-order chi connectivity index (χ0) is 13.7. The predicted molar refractivity (Wildman–Crippen MR) is 75.6 cm³/mol. The Hall–Kier alpha value is -1.72. The Kier molecular flexibility index (Phi) is 4.29. The van der Waals surface area contributed by atoms with Gasteiger partial charge in [-0.1, -0.05) is 30.3 Å².